The highest BCUT2D eigenvalue weighted by Crippen LogP contribution is 2.34. The molecule has 0 bridgehead atoms. The lowest BCUT2D eigenvalue weighted by Crippen LogP contribution is -2.31. The highest BCUT2D eigenvalue weighted by atomic mass is 16.7. The first kappa shape index (κ1) is 19.9. The lowest BCUT2D eigenvalue weighted by atomic mass is 10.1. The van der Waals surface area contributed by atoms with Crippen molar-refractivity contribution >= 4 is 23.3 Å². The standard InChI is InChI=1S/C19H19N3O7/c1-11(12-4-6-16-17(8-12)29-10-28-16)21-18(23)9-27-19(24)13-3-5-14(20-2)15(7-13)22(25)26/h3-8,11,20H,9-10H2,1-2H3,(H,21,23)/t11-/m1/s1. The van der Waals surface area contributed by atoms with Gasteiger partial charge in [0, 0.05) is 13.1 Å². The number of hydrogen-bond acceptors (Lipinski definition) is 8. The van der Waals surface area contributed by atoms with Crippen LogP contribution in [0.3, 0.4) is 0 Å². The zero-order chi connectivity index (χ0) is 21.0. The number of carbonyl (C=O) groups is 2. The molecule has 3 rings (SSSR count). The number of nitro benzene ring substituents is 1. The van der Waals surface area contributed by atoms with Gasteiger partial charge >= 0.3 is 5.97 Å². The summed E-state index contributed by atoms with van der Waals surface area (Å²) in [6, 6.07) is 8.84. The number of fused-ring (bicyclic) bond motifs is 1. The van der Waals surface area contributed by atoms with Crippen LogP contribution in [0.25, 0.3) is 0 Å². The second kappa shape index (κ2) is 8.46. The number of carbonyl (C=O) groups excluding carboxylic acids is 2. The topological polar surface area (TPSA) is 129 Å². The Labute approximate surface area is 165 Å². The fraction of sp³-hybridized carbons (Fsp3) is 0.263. The summed E-state index contributed by atoms with van der Waals surface area (Å²) in [7, 11) is 1.53. The number of nitrogens with one attached hydrogen (secondary N) is 2. The molecule has 2 aromatic carbocycles. The van der Waals surface area contributed by atoms with Crippen molar-refractivity contribution in [3.8, 4) is 11.5 Å². The number of nitrogens with zero attached hydrogens (tertiary/aromatic N) is 1. The van der Waals surface area contributed by atoms with E-state index in [-0.39, 0.29) is 29.8 Å². The fourth-order valence-corrected chi connectivity index (χ4v) is 2.78. The van der Waals surface area contributed by atoms with Gasteiger partial charge in [0.1, 0.15) is 5.69 Å². The Balaban J connectivity index is 1.57. The van der Waals surface area contributed by atoms with Crippen LogP contribution in [0.15, 0.2) is 36.4 Å². The van der Waals surface area contributed by atoms with Crippen molar-refractivity contribution in [3.05, 3.63) is 57.6 Å². The minimum atomic E-state index is -0.832. The maximum absolute atomic E-state index is 12.1. The number of benzene rings is 2. The van der Waals surface area contributed by atoms with Crippen LogP contribution < -0.4 is 20.1 Å². The number of ether oxygens (including phenoxy) is 3. The van der Waals surface area contributed by atoms with Crippen LogP contribution in [0, 0.1) is 10.1 Å². The average molecular weight is 401 g/mol. The molecule has 10 heteroatoms. The van der Waals surface area contributed by atoms with Crippen LogP contribution in [0.2, 0.25) is 0 Å². The van der Waals surface area contributed by atoms with E-state index in [0.29, 0.717) is 11.5 Å². The summed E-state index contributed by atoms with van der Waals surface area (Å²) >= 11 is 0. The van der Waals surface area contributed by atoms with Gasteiger partial charge in [-0.3, -0.25) is 14.9 Å². The second-order valence-electron chi connectivity index (χ2n) is 6.22. The van der Waals surface area contributed by atoms with Crippen molar-refractivity contribution < 1.29 is 28.7 Å². The number of nitro groups is 1. The molecule has 0 aromatic heterocycles. The molecule has 2 aromatic rings. The summed E-state index contributed by atoms with van der Waals surface area (Å²) in [6.45, 7) is 1.41. The minimum Gasteiger partial charge on any atom is -0.454 e. The summed E-state index contributed by atoms with van der Waals surface area (Å²) in [5, 5.41) is 16.5. The van der Waals surface area contributed by atoms with Crippen molar-refractivity contribution in [2.45, 2.75) is 13.0 Å². The van der Waals surface area contributed by atoms with Crippen molar-refractivity contribution in [2.24, 2.45) is 0 Å². The molecule has 152 valence electrons. The zero-order valence-electron chi connectivity index (χ0n) is 15.8. The van der Waals surface area contributed by atoms with Crippen LogP contribution in [0.1, 0.15) is 28.9 Å². The minimum absolute atomic E-state index is 0.0210. The van der Waals surface area contributed by atoms with Gasteiger partial charge in [0.05, 0.1) is 16.5 Å². The first-order valence-electron chi connectivity index (χ1n) is 8.71. The molecule has 0 spiro atoms. The van der Waals surface area contributed by atoms with Crippen LogP contribution in [0.5, 0.6) is 11.5 Å². The predicted molar refractivity (Wildman–Crippen MR) is 102 cm³/mol. The Kier molecular flexibility index (Phi) is 5.82. The molecule has 1 aliphatic rings. The summed E-state index contributed by atoms with van der Waals surface area (Å²) in [5.41, 5.74) is 0.782. The van der Waals surface area contributed by atoms with E-state index in [2.05, 4.69) is 10.6 Å². The van der Waals surface area contributed by atoms with E-state index in [1.54, 1.807) is 25.1 Å². The van der Waals surface area contributed by atoms with Gasteiger partial charge in [0.2, 0.25) is 6.79 Å². The summed E-state index contributed by atoms with van der Waals surface area (Å²) < 4.78 is 15.5. The molecular formula is C19H19N3O7. The molecular weight excluding hydrogens is 382 g/mol. The molecule has 1 aliphatic heterocycles. The van der Waals surface area contributed by atoms with Gasteiger partial charge in [0.25, 0.3) is 11.6 Å². The molecule has 0 unspecified atom stereocenters. The fourth-order valence-electron chi connectivity index (χ4n) is 2.78. The maximum atomic E-state index is 12.1. The van der Waals surface area contributed by atoms with E-state index < -0.39 is 23.4 Å². The number of esters is 1. The average Bonchev–Trinajstić information content (AvgIpc) is 3.19. The molecule has 2 N–H and O–H groups in total. The van der Waals surface area contributed by atoms with Gasteiger partial charge < -0.3 is 24.8 Å². The Morgan fingerprint density at radius 1 is 1.21 bits per heavy atom. The van der Waals surface area contributed by atoms with E-state index in [0.717, 1.165) is 11.6 Å². The molecule has 1 amide bonds. The van der Waals surface area contributed by atoms with Crippen molar-refractivity contribution in [1.29, 1.82) is 0 Å². The number of anilines is 1. The number of hydrogen-bond donors (Lipinski definition) is 2. The van der Waals surface area contributed by atoms with Crippen LogP contribution >= 0.6 is 0 Å². The monoisotopic (exact) mass is 401 g/mol. The van der Waals surface area contributed by atoms with Crippen LogP contribution in [-0.2, 0) is 9.53 Å². The molecule has 0 aliphatic carbocycles. The van der Waals surface area contributed by atoms with Crippen molar-refractivity contribution in [2.75, 3.05) is 25.8 Å². The van der Waals surface area contributed by atoms with Gasteiger partial charge in [-0.25, -0.2) is 4.79 Å². The SMILES string of the molecule is CNc1ccc(C(=O)OCC(=O)N[C@H](C)c2ccc3c(c2)OCO3)cc1[N+](=O)[O-]. The zero-order valence-corrected chi connectivity index (χ0v) is 15.8. The van der Waals surface area contributed by atoms with Crippen LogP contribution in [-0.4, -0.2) is 37.2 Å². The Morgan fingerprint density at radius 3 is 2.69 bits per heavy atom. The highest BCUT2D eigenvalue weighted by molar-refractivity contribution is 5.93. The Hall–Kier alpha value is -3.82. The molecule has 0 radical (unpaired) electrons. The largest absolute Gasteiger partial charge is 0.454 e. The van der Waals surface area contributed by atoms with Gasteiger partial charge in [-0.1, -0.05) is 6.07 Å². The second-order valence-corrected chi connectivity index (χ2v) is 6.22. The molecule has 1 heterocycles. The third kappa shape index (κ3) is 4.54. The first-order valence-corrected chi connectivity index (χ1v) is 8.71. The predicted octanol–water partition coefficient (Wildman–Crippen LogP) is 2.40. The number of amides is 1. The number of rotatable bonds is 7. The summed E-state index contributed by atoms with van der Waals surface area (Å²) in [6.07, 6.45) is 0. The summed E-state index contributed by atoms with van der Waals surface area (Å²) in [5.74, 6) is -0.104. The summed E-state index contributed by atoms with van der Waals surface area (Å²) in [4.78, 5) is 34.7. The van der Waals surface area contributed by atoms with Gasteiger partial charge in [-0.2, -0.15) is 0 Å². The molecule has 29 heavy (non-hydrogen) atoms. The van der Waals surface area contributed by atoms with Crippen LogP contribution in [0.4, 0.5) is 11.4 Å². The quantitative estimate of drug-likeness (QED) is 0.411. The van der Waals surface area contributed by atoms with Crippen molar-refractivity contribution in [1.82, 2.24) is 5.32 Å². The van der Waals surface area contributed by atoms with E-state index in [4.69, 9.17) is 14.2 Å². The molecule has 0 saturated heterocycles. The lowest BCUT2D eigenvalue weighted by Gasteiger charge is -2.15. The highest BCUT2D eigenvalue weighted by Gasteiger charge is 2.20. The Bertz CT molecular complexity index is 961. The van der Waals surface area contributed by atoms with E-state index >= 15 is 0 Å². The Morgan fingerprint density at radius 2 is 1.97 bits per heavy atom. The first-order chi connectivity index (χ1) is 13.9. The van der Waals surface area contributed by atoms with E-state index in [9.17, 15) is 19.7 Å². The van der Waals surface area contributed by atoms with E-state index in [1.165, 1.54) is 19.2 Å². The molecule has 0 fully saturated rings. The maximum Gasteiger partial charge on any atom is 0.338 e. The normalized spacial score (nSPS) is 12.8. The third-order valence-electron chi connectivity index (χ3n) is 4.31. The molecule has 1 atom stereocenters. The van der Waals surface area contributed by atoms with Gasteiger partial charge in [0.15, 0.2) is 18.1 Å². The lowest BCUT2D eigenvalue weighted by molar-refractivity contribution is -0.384. The smallest absolute Gasteiger partial charge is 0.338 e. The molecule has 0 saturated carbocycles. The molecule has 10 nitrogen and oxygen atoms in total. The van der Waals surface area contributed by atoms with Gasteiger partial charge in [-0.15, -0.1) is 0 Å². The van der Waals surface area contributed by atoms with Gasteiger partial charge in [-0.05, 0) is 36.8 Å². The van der Waals surface area contributed by atoms with Crippen molar-refractivity contribution in [3.63, 3.8) is 0 Å². The van der Waals surface area contributed by atoms with E-state index in [1.807, 2.05) is 0 Å². The third-order valence-corrected chi connectivity index (χ3v) is 4.31.